The molecular formula is C19H24N2O2. The lowest BCUT2D eigenvalue weighted by Gasteiger charge is -2.27. The van der Waals surface area contributed by atoms with Crippen molar-refractivity contribution < 1.29 is 9.90 Å². The maximum absolute atomic E-state index is 12.5. The highest BCUT2D eigenvalue weighted by Crippen LogP contribution is 2.22. The Labute approximate surface area is 137 Å². The fourth-order valence-corrected chi connectivity index (χ4v) is 2.31. The number of aliphatic hydroxyl groups is 1. The molecule has 0 radical (unpaired) electrons. The van der Waals surface area contributed by atoms with Crippen molar-refractivity contribution in [3.05, 3.63) is 71.3 Å². The number of nitrogens with one attached hydrogen (secondary N) is 1. The summed E-state index contributed by atoms with van der Waals surface area (Å²) in [6, 6.07) is 17.4. The largest absolute Gasteiger partial charge is 0.394 e. The smallest absolute Gasteiger partial charge is 0.318 e. The van der Waals surface area contributed by atoms with Gasteiger partial charge in [0.05, 0.1) is 18.7 Å². The van der Waals surface area contributed by atoms with Crippen molar-refractivity contribution >= 4 is 6.03 Å². The predicted molar refractivity (Wildman–Crippen MR) is 92.3 cm³/mol. The van der Waals surface area contributed by atoms with Crippen LogP contribution < -0.4 is 5.32 Å². The molecule has 2 unspecified atom stereocenters. The zero-order chi connectivity index (χ0) is 16.8. The van der Waals surface area contributed by atoms with Crippen molar-refractivity contribution in [2.45, 2.75) is 25.9 Å². The monoisotopic (exact) mass is 312 g/mol. The summed E-state index contributed by atoms with van der Waals surface area (Å²) in [5, 5.41) is 12.3. The van der Waals surface area contributed by atoms with E-state index in [0.29, 0.717) is 0 Å². The number of hydrogen-bond donors (Lipinski definition) is 2. The highest BCUT2D eigenvalue weighted by atomic mass is 16.3. The summed E-state index contributed by atoms with van der Waals surface area (Å²) in [6.07, 6.45) is 0. The summed E-state index contributed by atoms with van der Waals surface area (Å²) in [5.74, 6) is 0. The van der Waals surface area contributed by atoms with Gasteiger partial charge in [0, 0.05) is 7.05 Å². The number of benzene rings is 2. The van der Waals surface area contributed by atoms with Crippen molar-refractivity contribution in [2.24, 2.45) is 0 Å². The van der Waals surface area contributed by atoms with Crippen LogP contribution in [-0.2, 0) is 0 Å². The van der Waals surface area contributed by atoms with Crippen LogP contribution in [0.5, 0.6) is 0 Å². The van der Waals surface area contributed by atoms with E-state index in [9.17, 15) is 9.90 Å². The second-order valence-electron chi connectivity index (χ2n) is 5.85. The van der Waals surface area contributed by atoms with Crippen molar-refractivity contribution in [1.29, 1.82) is 0 Å². The van der Waals surface area contributed by atoms with Gasteiger partial charge in [-0.25, -0.2) is 4.79 Å². The predicted octanol–water partition coefficient (Wildman–Crippen LogP) is 3.11. The van der Waals surface area contributed by atoms with Crippen molar-refractivity contribution in [2.75, 3.05) is 13.7 Å². The third kappa shape index (κ3) is 4.33. The quantitative estimate of drug-likeness (QED) is 0.891. The Bertz CT molecular complexity index is 626. The van der Waals surface area contributed by atoms with E-state index in [-0.39, 0.29) is 24.7 Å². The molecule has 0 heterocycles. The molecule has 0 aromatic heterocycles. The average molecular weight is 312 g/mol. The maximum atomic E-state index is 12.5. The van der Waals surface area contributed by atoms with E-state index in [0.717, 1.165) is 11.1 Å². The van der Waals surface area contributed by atoms with Gasteiger partial charge in [-0.2, -0.15) is 0 Å². The van der Waals surface area contributed by atoms with E-state index in [4.69, 9.17) is 0 Å². The van der Waals surface area contributed by atoms with Gasteiger partial charge in [0.1, 0.15) is 0 Å². The molecule has 4 nitrogen and oxygen atoms in total. The van der Waals surface area contributed by atoms with Gasteiger partial charge in [0.2, 0.25) is 0 Å². The summed E-state index contributed by atoms with van der Waals surface area (Å²) >= 11 is 0. The standard InChI is InChI=1S/C19H24N2O2/c1-14-9-11-17(12-10-14)18(16-7-5-4-6-8-16)20-19(23)21(3)15(2)13-22/h4-12,15,18,22H,13H2,1-3H3,(H,20,23). The SMILES string of the molecule is Cc1ccc(C(NC(=O)N(C)C(C)CO)c2ccccc2)cc1. The van der Waals surface area contributed by atoms with Gasteiger partial charge in [-0.15, -0.1) is 0 Å². The molecule has 2 aromatic carbocycles. The van der Waals surface area contributed by atoms with Crippen LogP contribution in [0.4, 0.5) is 4.79 Å². The van der Waals surface area contributed by atoms with Crippen LogP contribution in [0.1, 0.15) is 29.7 Å². The highest BCUT2D eigenvalue weighted by molar-refractivity contribution is 5.75. The summed E-state index contributed by atoms with van der Waals surface area (Å²) in [4.78, 5) is 14.0. The minimum Gasteiger partial charge on any atom is -0.394 e. The van der Waals surface area contributed by atoms with Gasteiger partial charge in [-0.3, -0.25) is 0 Å². The number of carbonyl (C=O) groups excluding carboxylic acids is 1. The van der Waals surface area contributed by atoms with Crippen molar-refractivity contribution in [3.8, 4) is 0 Å². The second kappa shape index (κ2) is 7.79. The summed E-state index contributed by atoms with van der Waals surface area (Å²) in [6.45, 7) is 3.78. The molecule has 0 aliphatic carbocycles. The van der Waals surface area contributed by atoms with Gasteiger partial charge in [-0.1, -0.05) is 60.2 Å². The molecule has 0 fully saturated rings. The Hall–Kier alpha value is -2.33. The zero-order valence-electron chi connectivity index (χ0n) is 13.9. The fourth-order valence-electron chi connectivity index (χ4n) is 2.31. The van der Waals surface area contributed by atoms with Crippen LogP contribution in [-0.4, -0.2) is 35.7 Å². The van der Waals surface area contributed by atoms with Crippen LogP contribution >= 0.6 is 0 Å². The molecule has 23 heavy (non-hydrogen) atoms. The molecular weight excluding hydrogens is 288 g/mol. The Morgan fingerprint density at radius 2 is 1.65 bits per heavy atom. The number of amides is 2. The van der Waals surface area contributed by atoms with Crippen LogP contribution in [0, 0.1) is 6.92 Å². The first-order valence-corrected chi connectivity index (χ1v) is 7.78. The number of nitrogens with zero attached hydrogens (tertiary/aromatic N) is 1. The molecule has 0 bridgehead atoms. The molecule has 0 saturated carbocycles. The molecule has 2 N–H and O–H groups in total. The number of urea groups is 1. The number of hydrogen-bond acceptors (Lipinski definition) is 2. The van der Waals surface area contributed by atoms with Crippen LogP contribution in [0.3, 0.4) is 0 Å². The van der Waals surface area contributed by atoms with E-state index < -0.39 is 0 Å². The first-order chi connectivity index (χ1) is 11.0. The topological polar surface area (TPSA) is 52.6 Å². The normalized spacial score (nSPS) is 13.2. The van der Waals surface area contributed by atoms with Crippen LogP contribution in [0.2, 0.25) is 0 Å². The van der Waals surface area contributed by atoms with Crippen molar-refractivity contribution in [3.63, 3.8) is 0 Å². The third-order valence-electron chi connectivity index (χ3n) is 4.06. The Balaban J connectivity index is 2.28. The molecule has 0 aliphatic rings. The third-order valence-corrected chi connectivity index (χ3v) is 4.06. The van der Waals surface area contributed by atoms with Gasteiger partial charge < -0.3 is 15.3 Å². The highest BCUT2D eigenvalue weighted by Gasteiger charge is 2.21. The molecule has 0 aliphatic heterocycles. The van der Waals surface area contributed by atoms with Crippen LogP contribution in [0.25, 0.3) is 0 Å². The Kier molecular flexibility index (Phi) is 5.77. The molecule has 4 heteroatoms. The first kappa shape index (κ1) is 17.0. The Morgan fingerprint density at radius 3 is 2.22 bits per heavy atom. The lowest BCUT2D eigenvalue weighted by molar-refractivity contribution is 0.156. The van der Waals surface area contributed by atoms with Gasteiger partial charge in [-0.05, 0) is 25.0 Å². The number of rotatable bonds is 5. The van der Waals surface area contributed by atoms with Crippen molar-refractivity contribution in [1.82, 2.24) is 10.2 Å². The van der Waals surface area contributed by atoms with Crippen LogP contribution in [0.15, 0.2) is 54.6 Å². The Morgan fingerprint density at radius 1 is 1.09 bits per heavy atom. The van der Waals surface area contributed by atoms with E-state index in [1.54, 1.807) is 7.05 Å². The van der Waals surface area contributed by atoms with E-state index >= 15 is 0 Å². The fraction of sp³-hybridized carbons (Fsp3) is 0.316. The minimum atomic E-state index is -0.232. The maximum Gasteiger partial charge on any atom is 0.318 e. The number of likely N-dealkylation sites (N-methyl/N-ethyl adjacent to an activating group) is 1. The molecule has 2 atom stereocenters. The lowest BCUT2D eigenvalue weighted by Crippen LogP contribution is -2.45. The summed E-state index contributed by atoms with van der Waals surface area (Å²) in [7, 11) is 1.69. The minimum absolute atomic E-state index is 0.0650. The molecule has 0 saturated heterocycles. The summed E-state index contributed by atoms with van der Waals surface area (Å²) in [5.41, 5.74) is 3.23. The molecule has 2 aromatic rings. The molecule has 2 rings (SSSR count). The number of carbonyl (C=O) groups is 1. The summed E-state index contributed by atoms with van der Waals surface area (Å²) < 4.78 is 0. The second-order valence-corrected chi connectivity index (χ2v) is 5.85. The van der Waals surface area contributed by atoms with Gasteiger partial charge >= 0.3 is 6.03 Å². The average Bonchev–Trinajstić information content (AvgIpc) is 2.59. The van der Waals surface area contributed by atoms with E-state index in [1.807, 2.05) is 68.4 Å². The van der Waals surface area contributed by atoms with E-state index in [1.165, 1.54) is 10.5 Å². The number of aryl methyl sites for hydroxylation is 1. The van der Waals surface area contributed by atoms with Gasteiger partial charge in [0.15, 0.2) is 0 Å². The molecule has 0 spiro atoms. The lowest BCUT2D eigenvalue weighted by atomic mass is 9.98. The molecule has 122 valence electrons. The number of aliphatic hydroxyl groups excluding tert-OH is 1. The molecule has 2 amide bonds. The zero-order valence-corrected chi connectivity index (χ0v) is 13.9. The van der Waals surface area contributed by atoms with Gasteiger partial charge in [0.25, 0.3) is 0 Å². The first-order valence-electron chi connectivity index (χ1n) is 7.78. The van der Waals surface area contributed by atoms with E-state index in [2.05, 4.69) is 5.32 Å².